The molecule has 0 bridgehead atoms. The fourth-order valence-corrected chi connectivity index (χ4v) is 2.92. The van der Waals surface area contributed by atoms with Gasteiger partial charge >= 0.3 is 5.97 Å². The maximum Gasteiger partial charge on any atom is 0.329 e. The third-order valence-corrected chi connectivity index (χ3v) is 4.47. The van der Waals surface area contributed by atoms with Crippen LogP contribution < -0.4 is 10.9 Å². The van der Waals surface area contributed by atoms with E-state index in [1.165, 1.54) is 0 Å². The van der Waals surface area contributed by atoms with Crippen LogP contribution >= 0.6 is 0 Å². The average Bonchev–Trinajstić information content (AvgIpc) is 2.50. The molecule has 7 heteroatoms. The number of nitrogens with zero attached hydrogens (tertiary/aromatic N) is 1. The number of H-pyrrole nitrogens is 1. The smallest absolute Gasteiger partial charge is 0.329 e. The highest BCUT2D eigenvalue weighted by Gasteiger charge is 2.45. The maximum atomic E-state index is 12.0. The van der Waals surface area contributed by atoms with Crippen molar-refractivity contribution in [2.24, 2.45) is 0 Å². The molecule has 126 valence electrons. The highest BCUT2D eigenvalue weighted by Crippen LogP contribution is 2.32. The third kappa shape index (κ3) is 3.15. The van der Waals surface area contributed by atoms with Crippen molar-refractivity contribution in [3.8, 4) is 0 Å². The number of hydrogen-bond donors (Lipinski definition) is 3. The van der Waals surface area contributed by atoms with Gasteiger partial charge < -0.3 is 15.4 Å². The Kier molecular flexibility index (Phi) is 4.33. The van der Waals surface area contributed by atoms with Gasteiger partial charge in [0.1, 0.15) is 11.4 Å². The van der Waals surface area contributed by atoms with Gasteiger partial charge in [-0.1, -0.05) is 12.1 Å². The molecule has 0 unspecified atom stereocenters. The molecule has 0 atom stereocenters. The minimum absolute atomic E-state index is 0.195. The van der Waals surface area contributed by atoms with Crippen molar-refractivity contribution in [1.29, 1.82) is 0 Å². The first-order valence-electron chi connectivity index (χ1n) is 8.02. The Hall–Kier alpha value is -2.70. The summed E-state index contributed by atoms with van der Waals surface area (Å²) in [6, 6.07) is 7.08. The van der Waals surface area contributed by atoms with Gasteiger partial charge in [-0.2, -0.15) is 0 Å². The van der Waals surface area contributed by atoms with Crippen LogP contribution in [0.5, 0.6) is 0 Å². The van der Waals surface area contributed by atoms with E-state index in [2.05, 4.69) is 15.3 Å². The number of fused-ring (bicyclic) bond motifs is 1. The molecule has 1 aliphatic carbocycles. The molecule has 7 nitrogen and oxygen atoms in total. The highest BCUT2D eigenvalue weighted by atomic mass is 16.4. The van der Waals surface area contributed by atoms with E-state index >= 15 is 0 Å². The second-order valence-corrected chi connectivity index (χ2v) is 6.17. The molecule has 0 saturated heterocycles. The Morgan fingerprint density at radius 1 is 1.29 bits per heavy atom. The van der Waals surface area contributed by atoms with Gasteiger partial charge in [0.25, 0.3) is 5.56 Å². The molecule has 3 rings (SSSR count). The second-order valence-electron chi connectivity index (χ2n) is 6.17. The number of carboxylic acids is 1. The van der Waals surface area contributed by atoms with Gasteiger partial charge in [-0.05, 0) is 37.8 Å². The minimum Gasteiger partial charge on any atom is -0.480 e. The Morgan fingerprint density at radius 2 is 2.04 bits per heavy atom. The van der Waals surface area contributed by atoms with E-state index < -0.39 is 11.5 Å². The second kappa shape index (κ2) is 6.43. The first kappa shape index (κ1) is 16.2. The van der Waals surface area contributed by atoms with E-state index in [0.717, 1.165) is 6.42 Å². The SMILES string of the molecule is O=C(CCCc1nc2ccccc2c(=O)[nH]1)NC1(C(=O)O)CCC1. The number of carboxylic acid groups (broad SMARTS) is 1. The molecule has 1 aromatic carbocycles. The number of aromatic nitrogens is 2. The zero-order valence-corrected chi connectivity index (χ0v) is 13.2. The molecule has 0 aliphatic heterocycles. The molecule has 1 fully saturated rings. The van der Waals surface area contributed by atoms with Crippen LogP contribution in [-0.4, -0.2) is 32.5 Å². The standard InChI is InChI=1S/C17H19N3O4/c21-14(20-17(16(23)24)9-4-10-17)8-3-7-13-18-12-6-2-1-5-11(12)15(22)19-13/h1-2,5-6H,3-4,7-10H2,(H,20,21)(H,23,24)(H,18,19,22). The predicted molar refractivity (Wildman–Crippen MR) is 87.7 cm³/mol. The summed E-state index contributed by atoms with van der Waals surface area (Å²) < 4.78 is 0. The summed E-state index contributed by atoms with van der Waals surface area (Å²) >= 11 is 0. The summed E-state index contributed by atoms with van der Waals surface area (Å²) in [4.78, 5) is 42.3. The van der Waals surface area contributed by atoms with Gasteiger partial charge in [0, 0.05) is 12.8 Å². The Balaban J connectivity index is 1.57. The van der Waals surface area contributed by atoms with Crippen LogP contribution in [0, 0.1) is 0 Å². The summed E-state index contributed by atoms with van der Waals surface area (Å²) in [5.74, 6) is -0.717. The van der Waals surface area contributed by atoms with E-state index in [1.54, 1.807) is 18.2 Å². The summed E-state index contributed by atoms with van der Waals surface area (Å²) in [6.45, 7) is 0. The van der Waals surface area contributed by atoms with Crippen molar-refractivity contribution < 1.29 is 14.7 Å². The molecule has 24 heavy (non-hydrogen) atoms. The normalized spacial score (nSPS) is 15.7. The first-order valence-corrected chi connectivity index (χ1v) is 8.02. The van der Waals surface area contributed by atoms with Crippen molar-refractivity contribution in [1.82, 2.24) is 15.3 Å². The molecule has 0 spiro atoms. The Bertz CT molecular complexity index is 839. The van der Waals surface area contributed by atoms with Crippen molar-refractivity contribution in [3.63, 3.8) is 0 Å². The number of carbonyl (C=O) groups is 2. The number of aryl methyl sites for hydroxylation is 1. The zero-order chi connectivity index (χ0) is 17.2. The van der Waals surface area contributed by atoms with Crippen LogP contribution in [0.3, 0.4) is 0 Å². The fraction of sp³-hybridized carbons (Fsp3) is 0.412. The van der Waals surface area contributed by atoms with Gasteiger partial charge in [0.05, 0.1) is 10.9 Å². The number of aromatic amines is 1. The van der Waals surface area contributed by atoms with Crippen LogP contribution in [0.25, 0.3) is 10.9 Å². The molecule has 1 heterocycles. The fourth-order valence-electron chi connectivity index (χ4n) is 2.92. The van der Waals surface area contributed by atoms with Gasteiger partial charge in [0.2, 0.25) is 5.91 Å². The average molecular weight is 329 g/mol. The van der Waals surface area contributed by atoms with Gasteiger partial charge in [-0.15, -0.1) is 0 Å². The van der Waals surface area contributed by atoms with E-state index in [1.807, 2.05) is 6.07 Å². The van der Waals surface area contributed by atoms with Crippen LogP contribution in [0.2, 0.25) is 0 Å². The van der Waals surface area contributed by atoms with E-state index in [-0.39, 0.29) is 17.9 Å². The minimum atomic E-state index is -1.08. The van der Waals surface area contributed by atoms with Crippen LogP contribution in [0.4, 0.5) is 0 Å². The van der Waals surface area contributed by atoms with Crippen LogP contribution in [0.15, 0.2) is 29.1 Å². The van der Waals surface area contributed by atoms with E-state index in [4.69, 9.17) is 0 Å². The molecular formula is C17H19N3O4. The summed E-state index contributed by atoms with van der Waals surface area (Å²) in [6.07, 6.45) is 2.91. The summed E-state index contributed by atoms with van der Waals surface area (Å²) in [5, 5.41) is 12.4. The molecule has 1 amide bonds. The molecular weight excluding hydrogens is 310 g/mol. The van der Waals surface area contributed by atoms with Crippen molar-refractivity contribution >= 4 is 22.8 Å². The van der Waals surface area contributed by atoms with Gasteiger partial charge in [0.15, 0.2) is 0 Å². The van der Waals surface area contributed by atoms with Gasteiger partial charge in [-0.25, -0.2) is 9.78 Å². The molecule has 2 aromatic rings. The van der Waals surface area contributed by atoms with Crippen molar-refractivity contribution in [2.75, 3.05) is 0 Å². The van der Waals surface area contributed by atoms with Gasteiger partial charge in [-0.3, -0.25) is 9.59 Å². The number of benzene rings is 1. The lowest BCUT2D eigenvalue weighted by Gasteiger charge is -2.38. The maximum absolute atomic E-state index is 12.0. The van der Waals surface area contributed by atoms with Crippen molar-refractivity contribution in [2.45, 2.75) is 44.1 Å². The lowest BCUT2D eigenvalue weighted by atomic mass is 9.76. The number of nitrogens with one attached hydrogen (secondary N) is 2. The topological polar surface area (TPSA) is 112 Å². The molecule has 1 saturated carbocycles. The summed E-state index contributed by atoms with van der Waals surface area (Å²) in [5.41, 5.74) is -0.647. The predicted octanol–water partition coefficient (Wildman–Crippen LogP) is 1.37. The quantitative estimate of drug-likeness (QED) is 0.741. The van der Waals surface area contributed by atoms with E-state index in [0.29, 0.717) is 42.4 Å². The molecule has 0 radical (unpaired) electrons. The molecule has 1 aliphatic rings. The zero-order valence-electron chi connectivity index (χ0n) is 13.2. The molecule has 1 aromatic heterocycles. The number of carbonyl (C=O) groups excluding carboxylic acids is 1. The number of para-hydroxylation sites is 1. The van der Waals surface area contributed by atoms with Crippen LogP contribution in [0.1, 0.15) is 37.9 Å². The summed E-state index contributed by atoms with van der Waals surface area (Å²) in [7, 11) is 0. The number of amides is 1. The highest BCUT2D eigenvalue weighted by molar-refractivity contribution is 5.87. The lowest BCUT2D eigenvalue weighted by molar-refractivity contribution is -0.151. The van der Waals surface area contributed by atoms with E-state index in [9.17, 15) is 19.5 Å². The third-order valence-electron chi connectivity index (χ3n) is 4.47. The lowest BCUT2D eigenvalue weighted by Crippen LogP contribution is -2.59. The number of aliphatic carboxylic acids is 1. The Labute approximate surface area is 138 Å². The first-order chi connectivity index (χ1) is 11.5. The van der Waals surface area contributed by atoms with Crippen LogP contribution in [-0.2, 0) is 16.0 Å². The monoisotopic (exact) mass is 329 g/mol. The largest absolute Gasteiger partial charge is 0.480 e. The van der Waals surface area contributed by atoms with Crippen molar-refractivity contribution in [3.05, 3.63) is 40.4 Å². The number of hydrogen-bond acceptors (Lipinski definition) is 4. The number of rotatable bonds is 6. The Morgan fingerprint density at radius 3 is 2.71 bits per heavy atom. The molecule has 3 N–H and O–H groups in total.